The van der Waals surface area contributed by atoms with Crippen molar-refractivity contribution in [3.8, 4) is 0 Å². The van der Waals surface area contributed by atoms with Gasteiger partial charge < -0.3 is 9.88 Å². The number of rotatable bonds is 3. The van der Waals surface area contributed by atoms with Crippen molar-refractivity contribution in [2.45, 2.75) is 26.7 Å². The van der Waals surface area contributed by atoms with E-state index in [9.17, 15) is 0 Å². The molecule has 5 nitrogen and oxygen atoms in total. The topological polar surface area (TPSA) is 57.7 Å². The second kappa shape index (κ2) is 4.08. The summed E-state index contributed by atoms with van der Waals surface area (Å²) in [6, 6.07) is 0. The molecule has 0 amide bonds. The minimum atomic E-state index is 0.719. The van der Waals surface area contributed by atoms with Gasteiger partial charge >= 0.3 is 0 Å². The van der Waals surface area contributed by atoms with Crippen molar-refractivity contribution >= 4 is 17.1 Å². The molecule has 0 aromatic carbocycles. The molecule has 2 heterocycles. The molecule has 0 aliphatic heterocycles. The van der Waals surface area contributed by atoms with Crippen molar-refractivity contribution in [2.75, 3.05) is 19.0 Å². The number of aromatic amines is 1. The standard InChI is InChI=1S/C11H17N5/c1-5-6-8-13-9-7(2)12-11(16(3)4)15-10(9)14-8/h5-6H2,1-4H3,(H,12,13,14,15). The highest BCUT2D eigenvalue weighted by molar-refractivity contribution is 5.74. The Bertz CT molecular complexity index is 500. The molecule has 86 valence electrons. The third kappa shape index (κ3) is 1.85. The van der Waals surface area contributed by atoms with Crippen LogP contribution in [0.2, 0.25) is 0 Å². The van der Waals surface area contributed by atoms with Crippen LogP contribution in [0.4, 0.5) is 5.95 Å². The van der Waals surface area contributed by atoms with E-state index in [1.54, 1.807) is 0 Å². The van der Waals surface area contributed by atoms with E-state index in [1.807, 2.05) is 25.9 Å². The lowest BCUT2D eigenvalue weighted by atomic mass is 10.3. The molecule has 0 unspecified atom stereocenters. The lowest BCUT2D eigenvalue weighted by Crippen LogP contribution is -2.13. The van der Waals surface area contributed by atoms with Crippen molar-refractivity contribution < 1.29 is 0 Å². The first-order valence-corrected chi connectivity index (χ1v) is 5.52. The van der Waals surface area contributed by atoms with Crippen LogP contribution in [0.25, 0.3) is 11.2 Å². The van der Waals surface area contributed by atoms with Gasteiger partial charge in [-0.3, -0.25) is 0 Å². The minimum absolute atomic E-state index is 0.719. The average Bonchev–Trinajstić information content (AvgIpc) is 2.61. The Morgan fingerprint density at radius 3 is 2.56 bits per heavy atom. The fourth-order valence-corrected chi connectivity index (χ4v) is 1.63. The minimum Gasteiger partial charge on any atom is -0.347 e. The predicted molar refractivity (Wildman–Crippen MR) is 64.7 cm³/mol. The molecular formula is C11H17N5. The summed E-state index contributed by atoms with van der Waals surface area (Å²) in [7, 11) is 3.87. The number of nitrogens with one attached hydrogen (secondary N) is 1. The zero-order valence-electron chi connectivity index (χ0n) is 10.2. The van der Waals surface area contributed by atoms with E-state index >= 15 is 0 Å². The molecule has 2 aromatic rings. The summed E-state index contributed by atoms with van der Waals surface area (Å²) in [5.74, 6) is 1.71. The average molecular weight is 219 g/mol. The maximum absolute atomic E-state index is 4.50. The summed E-state index contributed by atoms with van der Waals surface area (Å²) in [6.07, 6.45) is 2.03. The van der Waals surface area contributed by atoms with Gasteiger partial charge in [0.05, 0.1) is 5.69 Å². The van der Waals surface area contributed by atoms with E-state index in [2.05, 4.69) is 26.9 Å². The molecule has 0 radical (unpaired) electrons. The van der Waals surface area contributed by atoms with E-state index in [1.165, 1.54) is 0 Å². The number of aryl methyl sites for hydroxylation is 2. The number of imidazole rings is 1. The van der Waals surface area contributed by atoms with Crippen molar-refractivity contribution in [3.63, 3.8) is 0 Å². The van der Waals surface area contributed by atoms with Gasteiger partial charge in [0.15, 0.2) is 5.65 Å². The van der Waals surface area contributed by atoms with E-state index in [-0.39, 0.29) is 0 Å². The van der Waals surface area contributed by atoms with E-state index in [0.717, 1.165) is 41.5 Å². The molecule has 0 saturated heterocycles. The molecule has 0 aliphatic carbocycles. The molecule has 0 atom stereocenters. The summed E-state index contributed by atoms with van der Waals surface area (Å²) in [6.45, 7) is 4.10. The first-order valence-electron chi connectivity index (χ1n) is 5.52. The molecule has 5 heteroatoms. The van der Waals surface area contributed by atoms with Crippen LogP contribution in [-0.4, -0.2) is 34.0 Å². The maximum atomic E-state index is 4.50. The highest BCUT2D eigenvalue weighted by Gasteiger charge is 2.10. The smallest absolute Gasteiger partial charge is 0.227 e. The molecule has 2 aromatic heterocycles. The number of fused-ring (bicyclic) bond motifs is 1. The van der Waals surface area contributed by atoms with Crippen molar-refractivity contribution in [2.24, 2.45) is 0 Å². The number of H-pyrrole nitrogens is 1. The number of hydrogen-bond acceptors (Lipinski definition) is 4. The Balaban J connectivity index is 2.54. The second-order valence-electron chi connectivity index (χ2n) is 4.13. The van der Waals surface area contributed by atoms with Crippen LogP contribution in [-0.2, 0) is 6.42 Å². The van der Waals surface area contributed by atoms with Gasteiger partial charge in [-0.1, -0.05) is 6.92 Å². The fraction of sp³-hybridized carbons (Fsp3) is 0.545. The van der Waals surface area contributed by atoms with Crippen molar-refractivity contribution in [1.82, 2.24) is 19.9 Å². The van der Waals surface area contributed by atoms with Gasteiger partial charge in [0.2, 0.25) is 5.95 Å². The number of aromatic nitrogens is 4. The van der Waals surface area contributed by atoms with Gasteiger partial charge in [0, 0.05) is 20.5 Å². The van der Waals surface area contributed by atoms with E-state index in [0.29, 0.717) is 0 Å². The Morgan fingerprint density at radius 1 is 1.19 bits per heavy atom. The van der Waals surface area contributed by atoms with Crippen molar-refractivity contribution in [1.29, 1.82) is 0 Å². The van der Waals surface area contributed by atoms with Gasteiger partial charge in [-0.15, -0.1) is 0 Å². The third-order valence-corrected chi connectivity index (χ3v) is 2.44. The van der Waals surface area contributed by atoms with Crippen LogP contribution in [0.3, 0.4) is 0 Å². The summed E-state index contributed by atoms with van der Waals surface area (Å²) in [5.41, 5.74) is 2.64. The Labute approximate surface area is 94.9 Å². The Kier molecular flexibility index (Phi) is 2.77. The van der Waals surface area contributed by atoms with Crippen LogP contribution in [0.1, 0.15) is 24.9 Å². The second-order valence-corrected chi connectivity index (χ2v) is 4.13. The van der Waals surface area contributed by atoms with Crippen LogP contribution in [0, 0.1) is 6.92 Å². The monoisotopic (exact) mass is 219 g/mol. The van der Waals surface area contributed by atoms with Crippen LogP contribution >= 0.6 is 0 Å². The lowest BCUT2D eigenvalue weighted by molar-refractivity contribution is 0.860. The normalized spacial score (nSPS) is 11.0. The van der Waals surface area contributed by atoms with Gasteiger partial charge in [-0.05, 0) is 13.3 Å². The van der Waals surface area contributed by atoms with E-state index in [4.69, 9.17) is 0 Å². The Hall–Kier alpha value is -1.65. The summed E-state index contributed by atoms with van der Waals surface area (Å²) in [5, 5.41) is 0. The summed E-state index contributed by atoms with van der Waals surface area (Å²) < 4.78 is 0. The zero-order valence-corrected chi connectivity index (χ0v) is 10.2. The lowest BCUT2D eigenvalue weighted by Gasteiger charge is -2.09. The third-order valence-electron chi connectivity index (χ3n) is 2.44. The number of nitrogens with zero attached hydrogens (tertiary/aromatic N) is 4. The highest BCUT2D eigenvalue weighted by Crippen LogP contribution is 2.16. The first kappa shape index (κ1) is 10.9. The largest absolute Gasteiger partial charge is 0.347 e. The van der Waals surface area contributed by atoms with Gasteiger partial charge in [0.25, 0.3) is 0 Å². The van der Waals surface area contributed by atoms with Crippen LogP contribution in [0.5, 0.6) is 0 Å². The number of anilines is 1. The highest BCUT2D eigenvalue weighted by atomic mass is 15.2. The Morgan fingerprint density at radius 2 is 1.94 bits per heavy atom. The summed E-state index contributed by atoms with van der Waals surface area (Å²) >= 11 is 0. The van der Waals surface area contributed by atoms with E-state index < -0.39 is 0 Å². The van der Waals surface area contributed by atoms with Crippen LogP contribution in [0.15, 0.2) is 0 Å². The summed E-state index contributed by atoms with van der Waals surface area (Å²) in [4.78, 5) is 18.5. The molecular weight excluding hydrogens is 202 g/mol. The quantitative estimate of drug-likeness (QED) is 0.853. The van der Waals surface area contributed by atoms with Gasteiger partial charge in [-0.2, -0.15) is 4.98 Å². The predicted octanol–water partition coefficient (Wildman–Crippen LogP) is 1.68. The molecule has 0 fully saturated rings. The molecule has 0 spiro atoms. The molecule has 0 bridgehead atoms. The first-order chi connectivity index (χ1) is 7.61. The van der Waals surface area contributed by atoms with Crippen LogP contribution < -0.4 is 4.90 Å². The molecule has 16 heavy (non-hydrogen) atoms. The number of hydrogen-bond donors (Lipinski definition) is 1. The molecule has 0 saturated carbocycles. The zero-order chi connectivity index (χ0) is 11.7. The molecule has 2 rings (SSSR count). The van der Waals surface area contributed by atoms with Gasteiger partial charge in [-0.25, -0.2) is 9.97 Å². The van der Waals surface area contributed by atoms with Gasteiger partial charge in [0.1, 0.15) is 11.3 Å². The van der Waals surface area contributed by atoms with Crippen molar-refractivity contribution in [3.05, 3.63) is 11.5 Å². The molecule has 1 N–H and O–H groups in total. The maximum Gasteiger partial charge on any atom is 0.227 e. The SMILES string of the molecule is CCCc1nc2c(C)nc(N(C)C)nc2[nH]1. The fourth-order valence-electron chi connectivity index (χ4n) is 1.63. The molecule has 0 aliphatic rings.